The van der Waals surface area contributed by atoms with E-state index in [0.29, 0.717) is 12.1 Å². The smallest absolute Gasteiger partial charge is 0.338 e. The molecule has 23 heavy (non-hydrogen) atoms. The maximum atomic E-state index is 12.2. The molecular formula is C17H18N2O4. The lowest BCUT2D eigenvalue weighted by molar-refractivity contribution is 0.0422. The highest BCUT2D eigenvalue weighted by atomic mass is 16.5. The Hall–Kier alpha value is -2.76. The van der Waals surface area contributed by atoms with Gasteiger partial charge in [-0.15, -0.1) is 0 Å². The molecule has 1 aliphatic heterocycles. The van der Waals surface area contributed by atoms with Gasteiger partial charge in [-0.1, -0.05) is 12.1 Å². The minimum absolute atomic E-state index is 0.131. The second-order valence-electron chi connectivity index (χ2n) is 5.52. The van der Waals surface area contributed by atoms with Crippen LogP contribution < -0.4 is 5.73 Å². The molecule has 0 saturated carbocycles. The van der Waals surface area contributed by atoms with Crippen LogP contribution in [0.2, 0.25) is 0 Å². The van der Waals surface area contributed by atoms with E-state index in [1.54, 1.807) is 35.6 Å². The second kappa shape index (κ2) is 6.56. The van der Waals surface area contributed by atoms with Gasteiger partial charge >= 0.3 is 12.0 Å². The number of likely N-dealkylation sites (tertiary alicyclic amines) is 1. The van der Waals surface area contributed by atoms with Crippen LogP contribution in [0.4, 0.5) is 4.79 Å². The van der Waals surface area contributed by atoms with E-state index in [0.717, 1.165) is 24.0 Å². The molecule has 120 valence electrons. The lowest BCUT2D eigenvalue weighted by Gasteiger charge is -2.22. The zero-order valence-electron chi connectivity index (χ0n) is 12.6. The summed E-state index contributed by atoms with van der Waals surface area (Å²) in [6.07, 6.45) is 4.87. The molecule has 0 aliphatic carbocycles. The molecular weight excluding hydrogens is 296 g/mol. The number of primary amides is 1. The van der Waals surface area contributed by atoms with E-state index in [4.69, 9.17) is 14.9 Å². The number of hydrogen-bond donors (Lipinski definition) is 1. The van der Waals surface area contributed by atoms with Crippen LogP contribution in [0.3, 0.4) is 0 Å². The summed E-state index contributed by atoms with van der Waals surface area (Å²) in [6.45, 7) is 0.783. The Morgan fingerprint density at radius 3 is 2.91 bits per heavy atom. The summed E-state index contributed by atoms with van der Waals surface area (Å²) in [6, 6.07) is 8.38. The number of nitrogens with zero attached hydrogens (tertiary/aromatic N) is 1. The average Bonchev–Trinajstić information content (AvgIpc) is 3.24. The van der Waals surface area contributed by atoms with Crippen molar-refractivity contribution in [1.29, 1.82) is 0 Å². The highest BCUT2D eigenvalue weighted by Gasteiger charge is 2.28. The Bertz CT molecular complexity index is 696. The maximum Gasteiger partial charge on any atom is 0.338 e. The van der Waals surface area contributed by atoms with Crippen molar-refractivity contribution in [2.24, 2.45) is 5.73 Å². The van der Waals surface area contributed by atoms with Crippen LogP contribution in [0.25, 0.3) is 11.1 Å². The summed E-state index contributed by atoms with van der Waals surface area (Å²) >= 11 is 0. The number of nitrogens with two attached hydrogens (primary N) is 1. The number of hydrogen-bond acceptors (Lipinski definition) is 4. The van der Waals surface area contributed by atoms with Gasteiger partial charge in [-0.2, -0.15) is 0 Å². The SMILES string of the molecule is NC(=O)N1CCC[C@H]1COC(=O)c1cccc(-c2ccoc2)c1. The molecule has 6 nitrogen and oxygen atoms in total. The molecule has 1 aromatic carbocycles. The summed E-state index contributed by atoms with van der Waals surface area (Å²) in [5.74, 6) is -0.410. The fourth-order valence-corrected chi connectivity index (χ4v) is 2.81. The molecule has 1 aliphatic rings. The van der Waals surface area contributed by atoms with Crippen LogP contribution in [-0.4, -0.2) is 36.1 Å². The predicted octanol–water partition coefficient (Wildman–Crippen LogP) is 2.65. The molecule has 1 atom stereocenters. The fraction of sp³-hybridized carbons (Fsp3) is 0.294. The van der Waals surface area contributed by atoms with E-state index >= 15 is 0 Å². The number of rotatable bonds is 4. The Labute approximate surface area is 133 Å². The third-order valence-corrected chi connectivity index (χ3v) is 4.02. The van der Waals surface area contributed by atoms with Crippen molar-refractivity contribution in [1.82, 2.24) is 4.90 Å². The van der Waals surface area contributed by atoms with Crippen molar-refractivity contribution in [3.05, 3.63) is 48.4 Å². The number of urea groups is 1. The Morgan fingerprint density at radius 1 is 1.30 bits per heavy atom. The zero-order valence-corrected chi connectivity index (χ0v) is 12.6. The molecule has 0 spiro atoms. The summed E-state index contributed by atoms with van der Waals surface area (Å²) < 4.78 is 10.4. The van der Waals surface area contributed by atoms with Gasteiger partial charge < -0.3 is 19.8 Å². The summed E-state index contributed by atoms with van der Waals surface area (Å²) in [4.78, 5) is 25.1. The average molecular weight is 314 g/mol. The Morgan fingerprint density at radius 2 is 2.17 bits per heavy atom. The minimum Gasteiger partial charge on any atom is -0.472 e. The summed E-state index contributed by atoms with van der Waals surface area (Å²) in [7, 11) is 0. The van der Waals surface area contributed by atoms with Gasteiger partial charge in [-0.05, 0) is 36.6 Å². The number of amides is 2. The Kier molecular flexibility index (Phi) is 4.32. The van der Waals surface area contributed by atoms with Gasteiger partial charge in [-0.25, -0.2) is 9.59 Å². The second-order valence-corrected chi connectivity index (χ2v) is 5.52. The lowest BCUT2D eigenvalue weighted by Crippen LogP contribution is -2.41. The first-order valence-corrected chi connectivity index (χ1v) is 7.51. The van der Waals surface area contributed by atoms with E-state index in [9.17, 15) is 9.59 Å². The molecule has 2 aromatic rings. The predicted molar refractivity (Wildman–Crippen MR) is 83.7 cm³/mol. The van der Waals surface area contributed by atoms with Crippen LogP contribution in [0.15, 0.2) is 47.3 Å². The quantitative estimate of drug-likeness (QED) is 0.879. The standard InChI is InChI=1S/C17H18N2O4/c18-17(21)19-7-2-5-15(19)11-23-16(20)13-4-1-3-12(9-13)14-6-8-22-10-14/h1,3-4,6,8-10,15H,2,5,7,11H2,(H2,18,21)/t15-/m0/s1. The largest absolute Gasteiger partial charge is 0.472 e. The van der Waals surface area contributed by atoms with Gasteiger partial charge in [0.25, 0.3) is 0 Å². The van der Waals surface area contributed by atoms with Gasteiger partial charge in [0, 0.05) is 12.1 Å². The monoisotopic (exact) mass is 314 g/mol. The maximum absolute atomic E-state index is 12.2. The number of carbonyl (C=O) groups is 2. The summed E-state index contributed by atoms with van der Waals surface area (Å²) in [5.41, 5.74) is 7.56. The normalized spacial score (nSPS) is 17.2. The van der Waals surface area contributed by atoms with Crippen molar-refractivity contribution >= 4 is 12.0 Å². The number of benzene rings is 1. The fourth-order valence-electron chi connectivity index (χ4n) is 2.81. The van der Waals surface area contributed by atoms with Crippen molar-refractivity contribution in [2.75, 3.05) is 13.2 Å². The van der Waals surface area contributed by atoms with E-state index in [2.05, 4.69) is 0 Å². The van der Waals surface area contributed by atoms with Crippen molar-refractivity contribution in [3.63, 3.8) is 0 Å². The molecule has 1 fully saturated rings. The van der Waals surface area contributed by atoms with Crippen LogP contribution in [0, 0.1) is 0 Å². The Balaban J connectivity index is 1.65. The van der Waals surface area contributed by atoms with Gasteiger partial charge in [0.1, 0.15) is 6.61 Å². The third-order valence-electron chi connectivity index (χ3n) is 4.02. The number of carbonyl (C=O) groups excluding carboxylic acids is 2. The number of ether oxygens (including phenoxy) is 1. The number of esters is 1. The molecule has 6 heteroatoms. The van der Waals surface area contributed by atoms with Gasteiger partial charge in [0.05, 0.1) is 24.1 Å². The molecule has 0 unspecified atom stereocenters. The highest BCUT2D eigenvalue weighted by Crippen LogP contribution is 2.22. The van der Waals surface area contributed by atoms with E-state index in [1.807, 2.05) is 12.1 Å². The van der Waals surface area contributed by atoms with Crippen molar-refractivity contribution in [3.8, 4) is 11.1 Å². The molecule has 0 radical (unpaired) electrons. The van der Waals surface area contributed by atoms with Crippen molar-refractivity contribution in [2.45, 2.75) is 18.9 Å². The first kappa shape index (κ1) is 15.1. The molecule has 2 amide bonds. The van der Waals surface area contributed by atoms with E-state index in [1.165, 1.54) is 0 Å². The molecule has 2 N–H and O–H groups in total. The van der Waals surface area contributed by atoms with Crippen LogP contribution in [-0.2, 0) is 4.74 Å². The van der Waals surface area contributed by atoms with E-state index < -0.39 is 12.0 Å². The van der Waals surface area contributed by atoms with Gasteiger partial charge in [-0.3, -0.25) is 0 Å². The zero-order chi connectivity index (χ0) is 16.2. The summed E-state index contributed by atoms with van der Waals surface area (Å²) in [5, 5.41) is 0. The molecule has 2 heterocycles. The molecule has 0 bridgehead atoms. The van der Waals surface area contributed by atoms with Crippen LogP contribution >= 0.6 is 0 Å². The van der Waals surface area contributed by atoms with Crippen molar-refractivity contribution < 1.29 is 18.7 Å². The number of furan rings is 1. The van der Waals surface area contributed by atoms with Gasteiger partial charge in [0.2, 0.25) is 0 Å². The lowest BCUT2D eigenvalue weighted by atomic mass is 10.1. The van der Waals surface area contributed by atoms with Crippen LogP contribution in [0.1, 0.15) is 23.2 Å². The first-order chi connectivity index (χ1) is 11.1. The third kappa shape index (κ3) is 3.36. The van der Waals surface area contributed by atoms with Crippen LogP contribution in [0.5, 0.6) is 0 Å². The molecule has 3 rings (SSSR count). The minimum atomic E-state index is -0.467. The first-order valence-electron chi connectivity index (χ1n) is 7.51. The topological polar surface area (TPSA) is 85.8 Å². The van der Waals surface area contributed by atoms with E-state index in [-0.39, 0.29) is 12.6 Å². The highest BCUT2D eigenvalue weighted by molar-refractivity contribution is 5.91. The molecule has 1 saturated heterocycles. The molecule has 1 aromatic heterocycles. The van der Waals surface area contributed by atoms with Gasteiger partial charge in [0.15, 0.2) is 0 Å².